The van der Waals surface area contributed by atoms with Gasteiger partial charge >= 0.3 is 12.4 Å². The Morgan fingerprint density at radius 2 is 1.37 bits per heavy atom. The van der Waals surface area contributed by atoms with Crippen LogP contribution >= 0.6 is 0 Å². The Bertz CT molecular complexity index is 1040. The monoisotopic (exact) mass is 499 g/mol. The van der Waals surface area contributed by atoms with Gasteiger partial charge in [0, 0.05) is 18.3 Å². The van der Waals surface area contributed by atoms with Crippen molar-refractivity contribution in [3.05, 3.63) is 90.0 Å². The van der Waals surface area contributed by atoms with Gasteiger partial charge in [0.15, 0.2) is 6.10 Å². The molecule has 1 atom stereocenters. The van der Waals surface area contributed by atoms with Gasteiger partial charge in [-0.1, -0.05) is 62.4 Å². The zero-order valence-electron chi connectivity index (χ0n) is 19.3. The number of nitrogens with zero attached hydrogens (tertiary/aromatic N) is 1. The summed E-state index contributed by atoms with van der Waals surface area (Å²) in [6, 6.07) is 20.6. The van der Waals surface area contributed by atoms with Crippen molar-refractivity contribution in [3.8, 4) is 11.5 Å². The van der Waals surface area contributed by atoms with E-state index < -0.39 is 31.4 Å². The second-order valence-electron chi connectivity index (χ2n) is 7.46. The summed E-state index contributed by atoms with van der Waals surface area (Å²) in [6.07, 6.45) is -13.1. The number of para-hydroxylation sites is 1. The second-order valence-corrected chi connectivity index (χ2v) is 7.46. The predicted molar refractivity (Wildman–Crippen MR) is 124 cm³/mol. The molecule has 0 amide bonds. The van der Waals surface area contributed by atoms with E-state index in [0.29, 0.717) is 22.7 Å². The summed E-state index contributed by atoms with van der Waals surface area (Å²) in [7, 11) is 0. The Labute approximate surface area is 200 Å². The minimum Gasteiger partial charge on any atom is -0.457 e. The van der Waals surface area contributed by atoms with Crippen LogP contribution in [0.25, 0.3) is 0 Å². The van der Waals surface area contributed by atoms with Gasteiger partial charge in [0.05, 0.1) is 13.0 Å². The van der Waals surface area contributed by atoms with Crippen molar-refractivity contribution in [3.63, 3.8) is 0 Å². The Balaban J connectivity index is 0.00000210. The lowest BCUT2D eigenvalue weighted by Crippen LogP contribution is -2.40. The number of benzene rings is 3. The highest BCUT2D eigenvalue weighted by atomic mass is 19.4. The van der Waals surface area contributed by atoms with E-state index >= 15 is 0 Å². The van der Waals surface area contributed by atoms with Crippen molar-refractivity contribution in [1.82, 2.24) is 0 Å². The summed E-state index contributed by atoms with van der Waals surface area (Å²) < 4.78 is 83.1. The molecular weight excluding hydrogens is 472 g/mol. The second kappa shape index (κ2) is 12.5. The van der Waals surface area contributed by atoms with E-state index in [4.69, 9.17) is 4.74 Å². The van der Waals surface area contributed by atoms with Gasteiger partial charge in [-0.25, -0.2) is 0 Å². The van der Waals surface area contributed by atoms with Gasteiger partial charge in [-0.05, 0) is 35.4 Å². The molecule has 0 saturated carbocycles. The lowest BCUT2D eigenvalue weighted by Gasteiger charge is -2.29. The van der Waals surface area contributed by atoms with Crippen LogP contribution in [0.5, 0.6) is 11.5 Å². The van der Waals surface area contributed by atoms with Gasteiger partial charge in [0.2, 0.25) is 0 Å². The highest BCUT2D eigenvalue weighted by molar-refractivity contribution is 5.52. The first-order valence-electron chi connectivity index (χ1n) is 11.0. The minimum atomic E-state index is -4.85. The summed E-state index contributed by atoms with van der Waals surface area (Å²) in [4.78, 5) is 1.25. The quantitative estimate of drug-likeness (QED) is 0.325. The fourth-order valence-corrected chi connectivity index (χ4v) is 3.23. The average molecular weight is 499 g/mol. The molecule has 35 heavy (non-hydrogen) atoms. The molecule has 3 rings (SSSR count). The predicted octanol–water partition coefficient (Wildman–Crippen LogP) is 7.54. The van der Waals surface area contributed by atoms with Crippen LogP contribution in [0, 0.1) is 0 Å². The Morgan fingerprint density at radius 3 is 2.00 bits per heavy atom. The number of rotatable bonds is 8. The summed E-state index contributed by atoms with van der Waals surface area (Å²) in [5.74, 6) is 0.882. The van der Waals surface area contributed by atoms with E-state index in [9.17, 15) is 31.4 Å². The average Bonchev–Trinajstić information content (AvgIpc) is 2.79. The van der Waals surface area contributed by atoms with Crippen LogP contribution in [-0.4, -0.2) is 30.1 Å². The van der Waals surface area contributed by atoms with E-state index in [1.54, 1.807) is 48.5 Å². The van der Waals surface area contributed by atoms with Gasteiger partial charge in [0.1, 0.15) is 11.5 Å². The summed E-state index contributed by atoms with van der Waals surface area (Å²) >= 11 is 0. The lowest BCUT2D eigenvalue weighted by molar-refractivity contribution is -0.200. The van der Waals surface area contributed by atoms with Crippen LogP contribution in [0.4, 0.5) is 32.0 Å². The fraction of sp³-hybridized carbons (Fsp3) is 0.308. The molecule has 1 N–H and O–H groups in total. The number of hydrogen-bond acceptors (Lipinski definition) is 3. The maximum atomic E-state index is 13.1. The zero-order valence-corrected chi connectivity index (χ0v) is 19.3. The zero-order chi connectivity index (χ0) is 26.1. The molecule has 0 aliphatic heterocycles. The maximum absolute atomic E-state index is 13.1. The first-order chi connectivity index (χ1) is 16.5. The molecule has 3 aromatic carbocycles. The normalized spacial score (nSPS) is 12.4. The van der Waals surface area contributed by atoms with Crippen LogP contribution in [0.2, 0.25) is 0 Å². The minimum absolute atomic E-state index is 0.00233. The molecule has 0 heterocycles. The lowest BCUT2D eigenvalue weighted by atomic mass is 10.1. The number of anilines is 1. The molecule has 0 bridgehead atoms. The molecule has 0 fully saturated rings. The van der Waals surface area contributed by atoms with Crippen LogP contribution < -0.4 is 9.64 Å². The van der Waals surface area contributed by atoms with E-state index in [2.05, 4.69) is 0 Å². The first-order valence-corrected chi connectivity index (χ1v) is 11.0. The summed E-state index contributed by atoms with van der Waals surface area (Å²) in [5.41, 5.74) is 0.686. The van der Waals surface area contributed by atoms with E-state index in [1.165, 1.54) is 35.2 Å². The topological polar surface area (TPSA) is 32.7 Å². The number of ether oxygens (including phenoxy) is 1. The molecule has 9 heteroatoms. The summed E-state index contributed by atoms with van der Waals surface area (Å²) in [6.45, 7) is 3.05. The molecule has 0 aromatic heterocycles. The van der Waals surface area contributed by atoms with E-state index in [1.807, 2.05) is 13.8 Å². The summed E-state index contributed by atoms with van der Waals surface area (Å²) in [5, 5.41) is 9.66. The molecule has 0 saturated heterocycles. The SMILES string of the molecule is CC.O[C@H](CN(Cc1cccc(CC(F)(F)F)c1)c1cccc(Oc2ccccc2)c1)C(F)(F)F. The Hall–Kier alpha value is -3.20. The maximum Gasteiger partial charge on any atom is 0.416 e. The van der Waals surface area contributed by atoms with E-state index in [0.717, 1.165) is 0 Å². The number of aliphatic hydroxyl groups is 1. The third-order valence-electron chi connectivity index (χ3n) is 4.70. The van der Waals surface area contributed by atoms with E-state index in [-0.39, 0.29) is 12.1 Å². The van der Waals surface area contributed by atoms with Crippen molar-refractivity contribution < 1.29 is 36.2 Å². The number of alkyl halides is 6. The number of aliphatic hydroxyl groups excluding tert-OH is 1. The number of halogens is 6. The highest BCUT2D eigenvalue weighted by Gasteiger charge is 2.39. The molecule has 0 spiro atoms. The molecule has 190 valence electrons. The molecule has 0 unspecified atom stereocenters. The third-order valence-corrected chi connectivity index (χ3v) is 4.70. The molecule has 0 radical (unpaired) electrons. The molecule has 3 nitrogen and oxygen atoms in total. The fourth-order valence-electron chi connectivity index (χ4n) is 3.23. The van der Waals surface area contributed by atoms with Crippen molar-refractivity contribution >= 4 is 5.69 Å². The van der Waals surface area contributed by atoms with Crippen molar-refractivity contribution in [2.24, 2.45) is 0 Å². The Morgan fingerprint density at radius 1 is 0.771 bits per heavy atom. The van der Waals surface area contributed by atoms with Crippen molar-refractivity contribution in [2.75, 3.05) is 11.4 Å². The first kappa shape index (κ1) is 28.0. The molecular formula is C26H27F6NO2. The van der Waals surface area contributed by atoms with Gasteiger partial charge < -0.3 is 14.7 Å². The Kier molecular flexibility index (Phi) is 10.0. The van der Waals surface area contributed by atoms with Crippen LogP contribution in [0.1, 0.15) is 25.0 Å². The molecule has 0 aliphatic rings. The molecule has 0 aliphatic carbocycles. The van der Waals surface area contributed by atoms with Gasteiger partial charge in [0.25, 0.3) is 0 Å². The largest absolute Gasteiger partial charge is 0.457 e. The van der Waals surface area contributed by atoms with Crippen molar-refractivity contribution in [1.29, 1.82) is 0 Å². The van der Waals surface area contributed by atoms with Gasteiger partial charge in [-0.3, -0.25) is 0 Å². The number of hydrogen-bond donors (Lipinski definition) is 1. The van der Waals surface area contributed by atoms with Crippen molar-refractivity contribution in [2.45, 2.75) is 45.3 Å². The van der Waals surface area contributed by atoms with Crippen LogP contribution in [0.3, 0.4) is 0 Å². The van der Waals surface area contributed by atoms with Crippen LogP contribution in [0.15, 0.2) is 78.9 Å². The smallest absolute Gasteiger partial charge is 0.416 e. The molecule has 3 aromatic rings. The third kappa shape index (κ3) is 9.52. The van der Waals surface area contributed by atoms with Crippen LogP contribution in [-0.2, 0) is 13.0 Å². The van der Waals surface area contributed by atoms with Gasteiger partial charge in [-0.2, -0.15) is 26.3 Å². The highest BCUT2D eigenvalue weighted by Crippen LogP contribution is 2.29. The van der Waals surface area contributed by atoms with Gasteiger partial charge in [-0.15, -0.1) is 0 Å². The standard InChI is InChI=1S/C24H21F6NO2.C2H6/c25-23(26,27)14-17-6-4-7-18(12-17)15-31(16-22(32)24(28,29)30)19-8-5-11-21(13-19)33-20-9-2-1-3-10-20;1-2/h1-13,22,32H,14-16H2;1-2H3/t22-;/m1./s1.